The van der Waals surface area contributed by atoms with Crippen LogP contribution in [0.2, 0.25) is 0 Å². The van der Waals surface area contributed by atoms with E-state index in [2.05, 4.69) is 0 Å². The second-order valence-corrected chi connectivity index (χ2v) is 5.16. The zero-order chi connectivity index (χ0) is 14.6. The predicted octanol–water partition coefficient (Wildman–Crippen LogP) is 1.54. The van der Waals surface area contributed by atoms with Crippen LogP contribution in [0.3, 0.4) is 0 Å². The lowest BCUT2D eigenvalue weighted by Crippen LogP contribution is -2.51. The minimum Gasteiger partial charge on any atom is -0.481 e. The van der Waals surface area contributed by atoms with Crippen molar-refractivity contribution in [3.05, 3.63) is 29.8 Å². The number of amides is 1. The van der Waals surface area contributed by atoms with Crippen LogP contribution in [0.1, 0.15) is 25.8 Å². The van der Waals surface area contributed by atoms with Gasteiger partial charge in [-0.1, -0.05) is 17.7 Å². The molecule has 0 unspecified atom stereocenters. The van der Waals surface area contributed by atoms with Crippen molar-refractivity contribution in [3.8, 4) is 0 Å². The van der Waals surface area contributed by atoms with Gasteiger partial charge in [0.25, 0.3) is 0 Å². The number of nitrogens with two attached hydrogens (primary N) is 1. The largest absolute Gasteiger partial charge is 0.481 e. The molecule has 104 valence electrons. The number of anilines is 1. The molecule has 0 fully saturated rings. The molecule has 1 amide bonds. The van der Waals surface area contributed by atoms with Gasteiger partial charge < -0.3 is 15.7 Å². The maximum Gasteiger partial charge on any atom is 0.305 e. The van der Waals surface area contributed by atoms with Gasteiger partial charge in [-0.05, 0) is 32.9 Å². The maximum atomic E-state index is 12.3. The van der Waals surface area contributed by atoms with Crippen LogP contribution in [0.15, 0.2) is 24.3 Å². The van der Waals surface area contributed by atoms with E-state index in [0.717, 1.165) is 5.56 Å². The highest BCUT2D eigenvalue weighted by Gasteiger charge is 2.29. The van der Waals surface area contributed by atoms with E-state index in [1.807, 2.05) is 19.1 Å². The number of hydrogen-bond acceptors (Lipinski definition) is 3. The highest BCUT2D eigenvalue weighted by Crippen LogP contribution is 2.18. The molecule has 0 aliphatic carbocycles. The van der Waals surface area contributed by atoms with Gasteiger partial charge in [-0.3, -0.25) is 9.59 Å². The van der Waals surface area contributed by atoms with Gasteiger partial charge in [0.15, 0.2) is 0 Å². The fraction of sp³-hybridized carbons (Fsp3) is 0.429. The van der Waals surface area contributed by atoms with Gasteiger partial charge >= 0.3 is 5.97 Å². The first-order valence-electron chi connectivity index (χ1n) is 6.11. The number of carbonyl (C=O) groups excluding carboxylic acids is 1. The Morgan fingerprint density at radius 2 is 1.79 bits per heavy atom. The number of aliphatic carboxylic acids is 1. The molecule has 3 N–H and O–H groups in total. The quantitative estimate of drug-likeness (QED) is 0.845. The smallest absolute Gasteiger partial charge is 0.305 e. The molecule has 0 aliphatic heterocycles. The number of carboxylic acid groups (broad SMARTS) is 1. The van der Waals surface area contributed by atoms with Crippen molar-refractivity contribution in [3.63, 3.8) is 0 Å². The molecule has 0 heterocycles. The van der Waals surface area contributed by atoms with Gasteiger partial charge in [0.05, 0.1) is 12.0 Å². The molecule has 1 rings (SSSR count). The van der Waals surface area contributed by atoms with E-state index >= 15 is 0 Å². The van der Waals surface area contributed by atoms with E-state index in [9.17, 15) is 9.59 Å². The van der Waals surface area contributed by atoms with Gasteiger partial charge in [0.2, 0.25) is 5.91 Å². The third-order valence-electron chi connectivity index (χ3n) is 2.69. The highest BCUT2D eigenvalue weighted by atomic mass is 16.4. The molecule has 0 saturated heterocycles. The Bertz CT molecular complexity index is 461. The van der Waals surface area contributed by atoms with E-state index in [0.29, 0.717) is 5.69 Å². The van der Waals surface area contributed by atoms with Crippen molar-refractivity contribution in [1.29, 1.82) is 0 Å². The number of carbonyl (C=O) groups is 2. The Hall–Kier alpha value is -1.88. The Labute approximate surface area is 113 Å². The molecule has 0 atom stereocenters. The lowest BCUT2D eigenvalue weighted by molar-refractivity contribution is -0.136. The first-order valence-corrected chi connectivity index (χ1v) is 6.11. The van der Waals surface area contributed by atoms with Gasteiger partial charge in [0, 0.05) is 12.2 Å². The lowest BCUT2D eigenvalue weighted by Gasteiger charge is -2.29. The number of nitrogens with zero attached hydrogens (tertiary/aromatic N) is 1. The summed E-state index contributed by atoms with van der Waals surface area (Å²) in [6.45, 7) is 5.27. The summed E-state index contributed by atoms with van der Waals surface area (Å²) >= 11 is 0. The van der Waals surface area contributed by atoms with Gasteiger partial charge in [-0.25, -0.2) is 0 Å². The predicted molar refractivity (Wildman–Crippen MR) is 74.1 cm³/mol. The number of rotatable bonds is 5. The number of carboxylic acids is 1. The first kappa shape index (κ1) is 15.2. The van der Waals surface area contributed by atoms with Crippen LogP contribution in [0, 0.1) is 6.92 Å². The lowest BCUT2D eigenvalue weighted by atomic mass is 10.0. The van der Waals surface area contributed by atoms with Crippen LogP contribution in [0.25, 0.3) is 0 Å². The molecule has 1 aromatic rings. The summed E-state index contributed by atoms with van der Waals surface area (Å²) in [5, 5.41) is 8.77. The van der Waals surface area contributed by atoms with E-state index in [1.165, 1.54) is 4.90 Å². The van der Waals surface area contributed by atoms with Crippen LogP contribution in [0.4, 0.5) is 5.69 Å². The first-order chi connectivity index (χ1) is 8.71. The molecule has 0 aromatic heterocycles. The zero-order valence-corrected chi connectivity index (χ0v) is 11.5. The Morgan fingerprint density at radius 1 is 1.26 bits per heavy atom. The molecule has 0 bridgehead atoms. The van der Waals surface area contributed by atoms with Crippen LogP contribution >= 0.6 is 0 Å². The van der Waals surface area contributed by atoms with Crippen molar-refractivity contribution in [2.45, 2.75) is 32.7 Å². The summed E-state index contributed by atoms with van der Waals surface area (Å²) in [5.74, 6) is -1.24. The molecule has 5 nitrogen and oxygen atoms in total. The van der Waals surface area contributed by atoms with E-state index in [4.69, 9.17) is 10.8 Å². The number of benzene rings is 1. The number of hydrogen-bond donors (Lipinski definition) is 2. The Balaban J connectivity index is 3.01. The van der Waals surface area contributed by atoms with Crippen molar-refractivity contribution in [2.24, 2.45) is 5.73 Å². The molecule has 0 aliphatic rings. The average Bonchev–Trinajstić information content (AvgIpc) is 2.29. The van der Waals surface area contributed by atoms with Crippen LogP contribution in [0.5, 0.6) is 0 Å². The van der Waals surface area contributed by atoms with Gasteiger partial charge in [-0.2, -0.15) is 0 Å². The topological polar surface area (TPSA) is 83.6 Å². The fourth-order valence-electron chi connectivity index (χ4n) is 1.63. The molecular formula is C14H20N2O3. The van der Waals surface area contributed by atoms with Crippen LogP contribution < -0.4 is 10.6 Å². The maximum absolute atomic E-state index is 12.3. The summed E-state index contributed by atoms with van der Waals surface area (Å²) in [5.41, 5.74) is 6.51. The molecule has 0 saturated carbocycles. The molecule has 0 radical (unpaired) electrons. The van der Waals surface area contributed by atoms with Crippen molar-refractivity contribution < 1.29 is 14.7 Å². The minimum absolute atomic E-state index is 0.109. The third-order valence-corrected chi connectivity index (χ3v) is 2.69. The highest BCUT2D eigenvalue weighted by molar-refractivity contribution is 5.99. The zero-order valence-electron chi connectivity index (χ0n) is 11.5. The van der Waals surface area contributed by atoms with Gasteiger partial charge in [0.1, 0.15) is 0 Å². The van der Waals surface area contributed by atoms with Crippen molar-refractivity contribution >= 4 is 17.6 Å². The summed E-state index contributed by atoms with van der Waals surface area (Å²) in [7, 11) is 0. The second kappa shape index (κ2) is 5.84. The SMILES string of the molecule is Cc1ccc(N(CCC(=O)O)C(=O)C(C)(C)N)cc1. The van der Waals surface area contributed by atoms with Crippen LogP contribution in [-0.4, -0.2) is 29.1 Å². The monoisotopic (exact) mass is 264 g/mol. The summed E-state index contributed by atoms with van der Waals surface area (Å²) in [4.78, 5) is 24.4. The summed E-state index contributed by atoms with van der Waals surface area (Å²) in [6, 6.07) is 7.33. The average molecular weight is 264 g/mol. The van der Waals surface area contributed by atoms with E-state index < -0.39 is 11.5 Å². The standard InChI is InChI=1S/C14H20N2O3/c1-10-4-6-11(7-5-10)16(9-8-12(17)18)13(19)14(2,3)15/h4-7H,8-9,15H2,1-3H3,(H,17,18). The van der Waals surface area contributed by atoms with Crippen LogP contribution in [-0.2, 0) is 9.59 Å². The molecule has 0 spiro atoms. The van der Waals surface area contributed by atoms with Crippen molar-refractivity contribution in [1.82, 2.24) is 0 Å². The molecule has 5 heteroatoms. The molecule has 19 heavy (non-hydrogen) atoms. The molecular weight excluding hydrogens is 244 g/mol. The Kier molecular flexibility index (Phi) is 4.67. The minimum atomic E-state index is -1.04. The Morgan fingerprint density at radius 3 is 2.21 bits per heavy atom. The fourth-order valence-corrected chi connectivity index (χ4v) is 1.63. The summed E-state index contributed by atoms with van der Waals surface area (Å²) < 4.78 is 0. The van der Waals surface area contributed by atoms with E-state index in [-0.39, 0.29) is 18.9 Å². The summed E-state index contributed by atoms with van der Waals surface area (Å²) in [6.07, 6.45) is -0.115. The van der Waals surface area contributed by atoms with Crippen molar-refractivity contribution in [2.75, 3.05) is 11.4 Å². The normalized spacial score (nSPS) is 11.2. The van der Waals surface area contributed by atoms with Gasteiger partial charge in [-0.15, -0.1) is 0 Å². The number of aryl methyl sites for hydroxylation is 1. The second-order valence-electron chi connectivity index (χ2n) is 5.16. The third kappa shape index (κ3) is 4.37. The molecule has 1 aromatic carbocycles. The van der Waals surface area contributed by atoms with E-state index in [1.54, 1.807) is 26.0 Å².